The lowest BCUT2D eigenvalue weighted by Crippen LogP contribution is -2.56. The van der Waals surface area contributed by atoms with Crippen molar-refractivity contribution >= 4 is 20.4 Å². The van der Waals surface area contributed by atoms with Crippen molar-refractivity contribution < 1.29 is 32.7 Å². The van der Waals surface area contributed by atoms with Crippen LogP contribution >= 0.6 is 8.25 Å². The number of amides is 2. The summed E-state index contributed by atoms with van der Waals surface area (Å²) < 4.78 is 37.2. The Morgan fingerprint density at radius 2 is 0.929 bits per heavy atom. The number of alkyl carbamates (subject to hydrolysis) is 2. The Kier molecular flexibility index (Phi) is 13.6. The topological polar surface area (TPSA) is 119 Å². The van der Waals surface area contributed by atoms with Crippen LogP contribution in [0.25, 0.3) is 0 Å². The number of piperidine rings is 2. The fourth-order valence-electron chi connectivity index (χ4n) is 5.95. The summed E-state index contributed by atoms with van der Waals surface area (Å²) in [6, 6.07) is 0.0488. The molecule has 0 atom stereocenters. The monoisotopic (exact) mass is 618 g/mol. The molecule has 0 unspecified atom stereocenters. The first-order chi connectivity index (χ1) is 19.5. The van der Waals surface area contributed by atoms with Crippen LogP contribution in [0.5, 0.6) is 0 Å². The quantitative estimate of drug-likeness (QED) is 0.239. The second kappa shape index (κ2) is 15.6. The molecule has 2 fully saturated rings. The van der Waals surface area contributed by atoms with Crippen molar-refractivity contribution in [3.05, 3.63) is 0 Å². The SMILES string of the molecule is CCC(CC)(O[PH](=O)OC(CC)(CC)N1CCC(NC(=O)OC(C)(C)C)CC1)N1CCC(NC(=O)OC(C)(C)C)CC1. The Balaban J connectivity index is 1.98. The smallest absolute Gasteiger partial charge is 0.407 e. The summed E-state index contributed by atoms with van der Waals surface area (Å²) in [5.41, 5.74) is -2.48. The van der Waals surface area contributed by atoms with Crippen molar-refractivity contribution in [3.8, 4) is 0 Å². The maximum absolute atomic E-state index is 13.6. The zero-order valence-corrected chi connectivity index (χ0v) is 28.9. The van der Waals surface area contributed by atoms with E-state index in [-0.39, 0.29) is 12.1 Å². The molecule has 0 aliphatic carbocycles. The number of hydrogen-bond donors (Lipinski definition) is 2. The Morgan fingerprint density at radius 1 is 0.643 bits per heavy atom. The van der Waals surface area contributed by atoms with Crippen LogP contribution in [0, 0.1) is 0 Å². The van der Waals surface area contributed by atoms with Crippen molar-refractivity contribution in [1.29, 1.82) is 0 Å². The summed E-state index contributed by atoms with van der Waals surface area (Å²) in [7, 11) is -2.86. The number of carbonyl (C=O) groups is 2. The number of ether oxygens (including phenoxy) is 2. The Morgan fingerprint density at radius 3 is 1.17 bits per heavy atom. The number of likely N-dealkylation sites (tertiary alicyclic amines) is 2. The van der Waals surface area contributed by atoms with Crippen LogP contribution in [0.1, 0.15) is 121 Å². The van der Waals surface area contributed by atoms with Gasteiger partial charge in [-0.2, -0.15) is 0 Å². The average molecular weight is 619 g/mol. The molecule has 0 saturated carbocycles. The van der Waals surface area contributed by atoms with Crippen LogP contribution in [0.3, 0.4) is 0 Å². The minimum atomic E-state index is -2.86. The maximum atomic E-state index is 13.6. The van der Waals surface area contributed by atoms with Crippen LogP contribution in [0.4, 0.5) is 9.59 Å². The van der Waals surface area contributed by atoms with Gasteiger partial charge in [0.1, 0.15) is 22.7 Å². The lowest BCUT2D eigenvalue weighted by Gasteiger charge is -2.48. The Bertz CT molecular complexity index is 811. The van der Waals surface area contributed by atoms with Gasteiger partial charge in [0.05, 0.1) is 0 Å². The van der Waals surface area contributed by atoms with Crippen molar-refractivity contribution in [2.45, 2.75) is 155 Å². The normalized spacial score (nSPS) is 19.1. The second-order valence-electron chi connectivity index (χ2n) is 13.6. The van der Waals surface area contributed by atoms with Gasteiger partial charge in [-0.3, -0.25) is 23.4 Å². The summed E-state index contributed by atoms with van der Waals surface area (Å²) in [5, 5.41) is 5.97. The number of nitrogens with zero attached hydrogens (tertiary/aromatic N) is 2. The largest absolute Gasteiger partial charge is 0.444 e. The van der Waals surface area contributed by atoms with E-state index in [0.29, 0.717) is 51.9 Å². The maximum Gasteiger partial charge on any atom is 0.407 e. The van der Waals surface area contributed by atoms with E-state index < -0.39 is 43.1 Å². The first kappa shape index (κ1) is 36.8. The summed E-state index contributed by atoms with van der Waals surface area (Å²) in [6.45, 7) is 22.2. The molecule has 0 bridgehead atoms. The number of hydrogen-bond acceptors (Lipinski definition) is 9. The van der Waals surface area contributed by atoms with E-state index in [1.165, 1.54) is 0 Å². The van der Waals surface area contributed by atoms with Crippen LogP contribution in [-0.4, -0.2) is 82.9 Å². The molecule has 2 rings (SSSR count). The highest BCUT2D eigenvalue weighted by atomic mass is 31.1. The fraction of sp³-hybridized carbons (Fsp3) is 0.933. The van der Waals surface area contributed by atoms with E-state index in [2.05, 4.69) is 48.1 Å². The summed E-state index contributed by atoms with van der Waals surface area (Å²) in [6.07, 6.45) is 4.90. The van der Waals surface area contributed by atoms with Gasteiger partial charge in [0.2, 0.25) is 0 Å². The standard InChI is InChI=1S/C30H59N4O7P/c1-11-29(12-2,33-19-15-23(16-20-33)31-25(35)38-27(5,6)7)40-42(37)41-30(13-3,14-4)34-21-17-24(18-22-34)32-26(36)39-28(8,9)10/h23-24,42H,11-22H2,1-10H3,(H,31,35)(H,32,36). The van der Waals surface area contributed by atoms with Crippen LogP contribution < -0.4 is 10.6 Å². The Labute approximate surface area is 255 Å². The van der Waals surface area contributed by atoms with Gasteiger partial charge in [-0.1, -0.05) is 27.7 Å². The molecule has 0 aromatic heterocycles. The highest BCUT2D eigenvalue weighted by Crippen LogP contribution is 2.45. The molecule has 0 radical (unpaired) electrons. The minimum absolute atomic E-state index is 0.0244. The lowest BCUT2D eigenvalue weighted by molar-refractivity contribution is -0.137. The molecule has 2 N–H and O–H groups in total. The molecule has 0 spiro atoms. The minimum Gasteiger partial charge on any atom is -0.444 e. The molecular formula is C30H59N4O7P. The summed E-state index contributed by atoms with van der Waals surface area (Å²) in [5.74, 6) is 0. The highest BCUT2D eigenvalue weighted by Gasteiger charge is 2.43. The second-order valence-corrected chi connectivity index (χ2v) is 14.5. The van der Waals surface area contributed by atoms with Gasteiger partial charge in [-0.15, -0.1) is 0 Å². The third-order valence-electron chi connectivity index (χ3n) is 8.34. The third-order valence-corrected chi connectivity index (χ3v) is 9.43. The van der Waals surface area contributed by atoms with Crippen molar-refractivity contribution in [3.63, 3.8) is 0 Å². The molecule has 0 aromatic carbocycles. The molecule has 246 valence electrons. The van der Waals surface area contributed by atoms with E-state index in [4.69, 9.17) is 18.5 Å². The van der Waals surface area contributed by atoms with Gasteiger partial charge >= 0.3 is 20.4 Å². The third kappa shape index (κ3) is 11.0. The molecule has 42 heavy (non-hydrogen) atoms. The number of nitrogens with one attached hydrogen (secondary N) is 2. The van der Waals surface area contributed by atoms with Crippen molar-refractivity contribution in [2.24, 2.45) is 0 Å². The molecule has 2 heterocycles. The average Bonchev–Trinajstić information content (AvgIpc) is 2.89. The highest BCUT2D eigenvalue weighted by molar-refractivity contribution is 7.33. The molecule has 2 saturated heterocycles. The predicted octanol–water partition coefficient (Wildman–Crippen LogP) is 6.42. The van der Waals surface area contributed by atoms with Gasteiger partial charge in [-0.05, 0) is 92.9 Å². The molecule has 2 amide bonds. The predicted molar refractivity (Wildman–Crippen MR) is 166 cm³/mol. The summed E-state index contributed by atoms with van der Waals surface area (Å²) >= 11 is 0. The van der Waals surface area contributed by atoms with Crippen molar-refractivity contribution in [1.82, 2.24) is 20.4 Å². The van der Waals surface area contributed by atoms with Crippen LogP contribution in [0.15, 0.2) is 0 Å². The molecule has 0 aromatic rings. The molecule has 2 aliphatic heterocycles. The lowest BCUT2D eigenvalue weighted by atomic mass is 9.98. The molecular weight excluding hydrogens is 559 g/mol. The van der Waals surface area contributed by atoms with Crippen LogP contribution in [0.2, 0.25) is 0 Å². The first-order valence-electron chi connectivity index (χ1n) is 15.9. The van der Waals surface area contributed by atoms with Gasteiger partial charge in [-0.25, -0.2) is 9.59 Å². The summed E-state index contributed by atoms with van der Waals surface area (Å²) in [4.78, 5) is 29.0. The molecule has 11 nitrogen and oxygen atoms in total. The van der Waals surface area contributed by atoms with E-state index in [1.54, 1.807) is 0 Å². The molecule has 2 aliphatic rings. The van der Waals surface area contributed by atoms with E-state index in [9.17, 15) is 14.2 Å². The van der Waals surface area contributed by atoms with Gasteiger partial charge in [0.25, 0.3) is 0 Å². The number of carbonyl (C=O) groups excluding carboxylic acids is 2. The van der Waals surface area contributed by atoms with Crippen molar-refractivity contribution in [2.75, 3.05) is 26.2 Å². The first-order valence-corrected chi connectivity index (χ1v) is 17.1. The zero-order chi connectivity index (χ0) is 31.8. The zero-order valence-electron chi connectivity index (χ0n) is 27.9. The van der Waals surface area contributed by atoms with Crippen LogP contribution in [-0.2, 0) is 23.1 Å². The van der Waals surface area contributed by atoms with Gasteiger partial charge in [0.15, 0.2) is 0 Å². The van der Waals surface area contributed by atoms with E-state index >= 15 is 0 Å². The molecule has 12 heteroatoms. The fourth-order valence-corrected chi connectivity index (χ4v) is 7.45. The Hall–Kier alpha value is -1.39. The van der Waals surface area contributed by atoms with Gasteiger partial charge in [0, 0.05) is 38.3 Å². The van der Waals surface area contributed by atoms with E-state index in [0.717, 1.165) is 25.7 Å². The number of rotatable bonds is 12. The van der Waals surface area contributed by atoms with E-state index in [1.807, 2.05) is 41.5 Å². The van der Waals surface area contributed by atoms with Gasteiger partial charge < -0.3 is 20.1 Å².